The fourth-order valence-corrected chi connectivity index (χ4v) is 3.31. The summed E-state index contributed by atoms with van der Waals surface area (Å²) in [4.78, 5) is 31.6. The summed E-state index contributed by atoms with van der Waals surface area (Å²) in [5.74, 6) is -1.58. The number of halogens is 3. The Bertz CT molecular complexity index is 1420. The molecule has 34 heavy (non-hydrogen) atoms. The second kappa shape index (κ2) is 8.39. The molecule has 4 rings (SSSR count). The number of pyridine rings is 1. The van der Waals surface area contributed by atoms with Crippen molar-refractivity contribution in [1.82, 2.24) is 19.6 Å². The highest BCUT2D eigenvalue weighted by Crippen LogP contribution is 2.32. The van der Waals surface area contributed by atoms with Gasteiger partial charge in [0, 0.05) is 23.0 Å². The number of hydrogen-bond donors (Lipinski definition) is 4. The molecule has 3 aromatic heterocycles. The molecular weight excluding hydrogens is 454 g/mol. The minimum atomic E-state index is -4.58. The van der Waals surface area contributed by atoms with E-state index in [4.69, 9.17) is 13.6 Å². The van der Waals surface area contributed by atoms with Crippen molar-refractivity contribution >= 4 is 48.3 Å². The molecule has 1 aromatic carbocycles. The van der Waals surface area contributed by atoms with E-state index in [0.29, 0.717) is 11.6 Å². The van der Waals surface area contributed by atoms with Crippen LogP contribution in [0.1, 0.15) is 15.9 Å². The van der Waals surface area contributed by atoms with Crippen molar-refractivity contribution in [3.05, 3.63) is 60.0 Å². The van der Waals surface area contributed by atoms with Gasteiger partial charge in [0.25, 0.3) is 0 Å². The van der Waals surface area contributed by atoms with Crippen LogP contribution in [0.2, 0.25) is 0 Å². The summed E-state index contributed by atoms with van der Waals surface area (Å²) in [6, 6.07) is 6.58. The first-order valence-corrected chi connectivity index (χ1v) is 9.42. The fourth-order valence-electron chi connectivity index (χ4n) is 3.31. The quantitative estimate of drug-likeness (QED) is 0.337. The highest BCUT2D eigenvalue weighted by Gasteiger charge is 2.31. The van der Waals surface area contributed by atoms with Crippen molar-refractivity contribution in [2.75, 3.05) is 16.4 Å². The van der Waals surface area contributed by atoms with Gasteiger partial charge in [0.1, 0.15) is 25.5 Å². The van der Waals surface area contributed by atoms with Gasteiger partial charge in [0.15, 0.2) is 5.82 Å². The van der Waals surface area contributed by atoms with Crippen molar-refractivity contribution in [1.29, 1.82) is 0 Å². The van der Waals surface area contributed by atoms with E-state index in [1.165, 1.54) is 28.8 Å². The van der Waals surface area contributed by atoms with Crippen LogP contribution in [0.5, 0.6) is 0 Å². The van der Waals surface area contributed by atoms with E-state index in [1.54, 1.807) is 0 Å². The van der Waals surface area contributed by atoms with Crippen molar-refractivity contribution in [3.8, 4) is 11.1 Å². The Hall–Kier alpha value is -4.62. The van der Waals surface area contributed by atoms with Gasteiger partial charge in [-0.1, -0.05) is 12.1 Å². The van der Waals surface area contributed by atoms with Crippen LogP contribution < -0.4 is 22.0 Å². The maximum Gasteiger partial charge on any atom is 0.416 e. The minimum absolute atomic E-state index is 0.0133. The number of carboxylic acid groups (broad SMARTS) is 1. The van der Waals surface area contributed by atoms with Crippen molar-refractivity contribution in [2.45, 2.75) is 6.18 Å². The number of fused-ring (bicyclic) bond motifs is 1. The largest absolute Gasteiger partial charge is 0.478 e. The molecule has 0 aliphatic heterocycles. The van der Waals surface area contributed by atoms with Gasteiger partial charge in [-0.3, -0.25) is 5.32 Å². The third-order valence-corrected chi connectivity index (χ3v) is 4.76. The zero-order chi connectivity index (χ0) is 24.6. The molecule has 2 radical (unpaired) electrons. The number of anilines is 3. The highest BCUT2D eigenvalue weighted by molar-refractivity contribution is 6.37. The van der Waals surface area contributed by atoms with E-state index in [0.717, 1.165) is 18.6 Å². The number of hydrogen-bond acceptors (Lipinski definition) is 6. The van der Waals surface area contributed by atoms with Crippen molar-refractivity contribution in [2.24, 2.45) is 0 Å². The maximum atomic E-state index is 12.8. The number of carboxylic acids is 1. The Labute approximate surface area is 190 Å². The van der Waals surface area contributed by atoms with Gasteiger partial charge in [0.05, 0.1) is 11.1 Å². The predicted molar refractivity (Wildman–Crippen MR) is 117 cm³/mol. The van der Waals surface area contributed by atoms with E-state index in [1.807, 2.05) is 0 Å². The Morgan fingerprint density at radius 3 is 2.44 bits per heavy atom. The first-order chi connectivity index (χ1) is 16.1. The predicted octanol–water partition coefficient (Wildman–Crippen LogP) is 2.53. The average Bonchev–Trinajstić information content (AvgIpc) is 3.08. The van der Waals surface area contributed by atoms with Gasteiger partial charge in [-0.2, -0.15) is 18.3 Å². The number of amides is 2. The number of alkyl halides is 3. The molecule has 5 N–H and O–H groups in total. The number of nitrogens with two attached hydrogens (primary N) is 1. The molecule has 2 amide bonds. The van der Waals surface area contributed by atoms with Crippen molar-refractivity contribution < 1.29 is 27.9 Å². The topological polar surface area (TPSA) is 148 Å². The fraction of sp³-hybridized carbons (Fsp3) is 0.0500. The lowest BCUT2D eigenvalue weighted by atomic mass is 9.94. The van der Waals surface area contributed by atoms with Crippen LogP contribution in [0.15, 0.2) is 48.9 Å². The van der Waals surface area contributed by atoms with Gasteiger partial charge in [-0.15, -0.1) is 0 Å². The molecule has 4 aromatic rings. The van der Waals surface area contributed by atoms with Crippen molar-refractivity contribution in [3.63, 3.8) is 0 Å². The number of nitrogen functional groups attached to an aromatic ring is 1. The second-order valence-electron chi connectivity index (χ2n) is 6.93. The number of aromatic carboxylic acids is 1. The molecule has 0 aliphatic carbocycles. The third-order valence-electron chi connectivity index (χ3n) is 4.76. The number of benzene rings is 1. The summed E-state index contributed by atoms with van der Waals surface area (Å²) in [6.07, 6.45) is -2.52. The van der Waals surface area contributed by atoms with Crippen LogP contribution in [-0.2, 0) is 6.18 Å². The van der Waals surface area contributed by atoms with Gasteiger partial charge >= 0.3 is 18.2 Å². The first kappa shape index (κ1) is 22.6. The van der Waals surface area contributed by atoms with Crippen LogP contribution in [0.4, 0.5) is 35.3 Å². The SMILES string of the molecule is [B]c1c(C(=O)O)c(-c2ccc(NC(=O)Nc3cc(C(F)(F)F)ccn3)cc2)c2c(N)ncnn12. The number of carbonyl (C=O) groups is 2. The van der Waals surface area contributed by atoms with Crippen LogP contribution in [0.3, 0.4) is 0 Å². The maximum absolute atomic E-state index is 12.8. The lowest BCUT2D eigenvalue weighted by Gasteiger charge is -2.10. The highest BCUT2D eigenvalue weighted by atomic mass is 19.4. The zero-order valence-electron chi connectivity index (χ0n) is 17.0. The molecule has 14 heteroatoms. The smallest absolute Gasteiger partial charge is 0.416 e. The summed E-state index contributed by atoms with van der Waals surface area (Å²) in [7, 11) is 5.95. The first-order valence-electron chi connectivity index (χ1n) is 9.42. The molecule has 0 aliphatic rings. The average molecular weight is 467 g/mol. The summed E-state index contributed by atoms with van der Waals surface area (Å²) in [6.45, 7) is 0. The molecule has 0 bridgehead atoms. The molecule has 0 spiro atoms. The molecular formula is C20H13BF3N7O3. The Kier molecular flexibility index (Phi) is 5.57. The third kappa shape index (κ3) is 4.20. The number of carbonyl (C=O) groups excluding carboxylic acids is 1. The Morgan fingerprint density at radius 2 is 1.79 bits per heavy atom. The zero-order valence-corrected chi connectivity index (χ0v) is 17.0. The Morgan fingerprint density at radius 1 is 1.09 bits per heavy atom. The standard InChI is InChI=1S/C20H13BF3N7O3/c21-16-14(18(32)33)13(15-17(25)27-8-28-31(15)16)9-1-3-11(4-2-9)29-19(34)30-12-7-10(5-6-26-12)20(22,23)24/h1-8H,(H,32,33)(H2,25,27,28)(H2,26,29,30,34). The number of aromatic nitrogens is 4. The number of nitrogens with zero attached hydrogens (tertiary/aromatic N) is 4. The normalized spacial score (nSPS) is 11.4. The van der Waals surface area contributed by atoms with Crippen LogP contribution >= 0.6 is 0 Å². The summed E-state index contributed by atoms with van der Waals surface area (Å²) < 4.78 is 39.6. The van der Waals surface area contributed by atoms with E-state index >= 15 is 0 Å². The Balaban J connectivity index is 1.59. The van der Waals surface area contributed by atoms with Gasteiger partial charge in [0.2, 0.25) is 0 Å². The number of urea groups is 1. The number of nitrogens with one attached hydrogen (secondary N) is 2. The summed E-state index contributed by atoms with van der Waals surface area (Å²) in [5.41, 5.74) is 5.66. The molecule has 3 heterocycles. The lowest BCUT2D eigenvalue weighted by Crippen LogP contribution is -2.20. The monoisotopic (exact) mass is 467 g/mol. The molecule has 0 fully saturated rings. The van der Waals surface area contributed by atoms with Gasteiger partial charge in [-0.25, -0.2) is 24.1 Å². The van der Waals surface area contributed by atoms with E-state index in [-0.39, 0.29) is 39.6 Å². The van der Waals surface area contributed by atoms with Gasteiger partial charge < -0.3 is 16.2 Å². The number of rotatable bonds is 4. The van der Waals surface area contributed by atoms with Crippen LogP contribution in [0, 0.1) is 0 Å². The summed E-state index contributed by atoms with van der Waals surface area (Å²) >= 11 is 0. The second-order valence-corrected chi connectivity index (χ2v) is 6.93. The molecule has 10 nitrogen and oxygen atoms in total. The molecule has 170 valence electrons. The molecule has 0 unspecified atom stereocenters. The lowest BCUT2D eigenvalue weighted by molar-refractivity contribution is -0.137. The minimum Gasteiger partial charge on any atom is -0.478 e. The molecule has 0 saturated heterocycles. The van der Waals surface area contributed by atoms with Gasteiger partial charge in [-0.05, 0) is 29.8 Å². The van der Waals surface area contributed by atoms with Crippen LogP contribution in [-0.4, -0.2) is 44.5 Å². The van der Waals surface area contributed by atoms with E-state index in [2.05, 4.69) is 25.7 Å². The molecule has 0 atom stereocenters. The van der Waals surface area contributed by atoms with E-state index < -0.39 is 23.7 Å². The molecule has 0 saturated carbocycles. The summed E-state index contributed by atoms with van der Waals surface area (Å²) in [5, 5.41) is 18.3. The van der Waals surface area contributed by atoms with E-state index in [9.17, 15) is 27.9 Å². The van der Waals surface area contributed by atoms with Crippen LogP contribution in [0.25, 0.3) is 16.6 Å².